The van der Waals surface area contributed by atoms with Crippen LogP contribution in [-0.4, -0.2) is 27.7 Å². The minimum atomic E-state index is -0.474. The van der Waals surface area contributed by atoms with Gasteiger partial charge in [0, 0.05) is 29.0 Å². The van der Waals surface area contributed by atoms with E-state index in [2.05, 4.69) is 15.3 Å². The Kier molecular flexibility index (Phi) is 4.14. The number of aromatic amines is 1. The van der Waals surface area contributed by atoms with Gasteiger partial charge in [-0.25, -0.2) is 4.90 Å². The standard InChI is InChI=1S/C23H16N4O3/c28-20(11-14-13-25-19-9-2-1-7-17(14)19)26-15-5-3-6-16(12-15)27-22(29)18-8-4-10-24-21(18)23(27)30/h1-10,12-13,25H,11H2,(H,26,28). The molecule has 0 aliphatic carbocycles. The highest BCUT2D eigenvalue weighted by Crippen LogP contribution is 2.29. The number of imide groups is 1. The number of pyridine rings is 1. The van der Waals surface area contributed by atoms with Crippen LogP contribution < -0.4 is 10.2 Å². The topological polar surface area (TPSA) is 95.2 Å². The van der Waals surface area contributed by atoms with Gasteiger partial charge in [0.15, 0.2) is 0 Å². The average Bonchev–Trinajstić information content (AvgIpc) is 3.27. The van der Waals surface area contributed by atoms with Gasteiger partial charge in [-0.1, -0.05) is 24.3 Å². The van der Waals surface area contributed by atoms with Crippen LogP contribution in [0.4, 0.5) is 11.4 Å². The Morgan fingerprint density at radius 2 is 1.87 bits per heavy atom. The van der Waals surface area contributed by atoms with Crippen molar-refractivity contribution in [1.29, 1.82) is 0 Å². The van der Waals surface area contributed by atoms with Crippen molar-refractivity contribution in [2.45, 2.75) is 6.42 Å². The van der Waals surface area contributed by atoms with Gasteiger partial charge in [-0.05, 0) is 42.0 Å². The summed E-state index contributed by atoms with van der Waals surface area (Å²) >= 11 is 0. The molecule has 0 atom stereocenters. The Balaban J connectivity index is 1.36. The Morgan fingerprint density at radius 3 is 2.73 bits per heavy atom. The molecule has 0 radical (unpaired) electrons. The van der Waals surface area contributed by atoms with E-state index in [0.29, 0.717) is 11.4 Å². The van der Waals surface area contributed by atoms with Gasteiger partial charge in [-0.15, -0.1) is 0 Å². The number of nitrogens with one attached hydrogen (secondary N) is 2. The van der Waals surface area contributed by atoms with Gasteiger partial charge in [-0.2, -0.15) is 0 Å². The van der Waals surface area contributed by atoms with Gasteiger partial charge in [0.2, 0.25) is 5.91 Å². The second-order valence-electron chi connectivity index (χ2n) is 6.98. The third kappa shape index (κ3) is 2.93. The Hall–Kier alpha value is -4.26. The van der Waals surface area contributed by atoms with Crippen LogP contribution in [0.25, 0.3) is 10.9 Å². The predicted molar refractivity (Wildman–Crippen MR) is 112 cm³/mol. The first kappa shape index (κ1) is 17.8. The number of carbonyl (C=O) groups is 3. The van der Waals surface area contributed by atoms with E-state index < -0.39 is 11.8 Å². The summed E-state index contributed by atoms with van der Waals surface area (Å²) in [5.41, 5.74) is 3.16. The van der Waals surface area contributed by atoms with Crippen LogP contribution in [0.3, 0.4) is 0 Å². The maximum Gasteiger partial charge on any atom is 0.284 e. The van der Waals surface area contributed by atoms with Gasteiger partial charge >= 0.3 is 0 Å². The molecule has 3 heterocycles. The number of carbonyl (C=O) groups excluding carboxylic acids is 3. The number of benzene rings is 2. The number of nitrogens with zero attached hydrogens (tertiary/aromatic N) is 2. The molecule has 2 aromatic carbocycles. The first-order chi connectivity index (χ1) is 14.6. The Bertz CT molecular complexity index is 1290. The molecule has 5 rings (SSSR count). The first-order valence-corrected chi connectivity index (χ1v) is 9.40. The molecule has 1 aliphatic rings. The molecule has 0 fully saturated rings. The summed E-state index contributed by atoms with van der Waals surface area (Å²) in [4.78, 5) is 46.1. The van der Waals surface area contributed by atoms with Crippen molar-refractivity contribution in [2.75, 3.05) is 10.2 Å². The fraction of sp³-hybridized carbons (Fsp3) is 0.0435. The molecule has 0 bridgehead atoms. The minimum absolute atomic E-state index is 0.135. The van der Waals surface area contributed by atoms with Crippen LogP contribution in [-0.2, 0) is 11.2 Å². The zero-order valence-corrected chi connectivity index (χ0v) is 15.8. The molecule has 0 saturated heterocycles. The number of rotatable bonds is 4. The van der Waals surface area contributed by atoms with Crippen LogP contribution >= 0.6 is 0 Å². The van der Waals surface area contributed by atoms with Crippen molar-refractivity contribution < 1.29 is 14.4 Å². The second-order valence-corrected chi connectivity index (χ2v) is 6.98. The number of H-pyrrole nitrogens is 1. The summed E-state index contributed by atoms with van der Waals surface area (Å²) < 4.78 is 0. The summed E-state index contributed by atoms with van der Waals surface area (Å²) in [5.74, 6) is -1.09. The Morgan fingerprint density at radius 1 is 1.00 bits per heavy atom. The highest BCUT2D eigenvalue weighted by Gasteiger charge is 2.37. The third-order valence-corrected chi connectivity index (χ3v) is 5.06. The lowest BCUT2D eigenvalue weighted by atomic mass is 10.1. The predicted octanol–water partition coefficient (Wildman–Crippen LogP) is 3.54. The van der Waals surface area contributed by atoms with Crippen LogP contribution in [0.2, 0.25) is 0 Å². The monoisotopic (exact) mass is 396 g/mol. The third-order valence-electron chi connectivity index (χ3n) is 5.06. The molecular weight excluding hydrogens is 380 g/mol. The summed E-state index contributed by atoms with van der Waals surface area (Å²) in [6.45, 7) is 0. The molecular formula is C23H16N4O3. The maximum absolute atomic E-state index is 12.7. The van der Waals surface area contributed by atoms with Crippen LogP contribution in [0.1, 0.15) is 26.4 Å². The van der Waals surface area contributed by atoms with Gasteiger partial charge in [0.25, 0.3) is 11.8 Å². The number of hydrogen-bond acceptors (Lipinski definition) is 4. The molecule has 2 aromatic heterocycles. The van der Waals surface area contributed by atoms with E-state index in [9.17, 15) is 14.4 Å². The van der Waals surface area contributed by atoms with E-state index in [4.69, 9.17) is 0 Å². The van der Waals surface area contributed by atoms with Crippen molar-refractivity contribution in [1.82, 2.24) is 9.97 Å². The molecule has 7 heteroatoms. The zero-order valence-electron chi connectivity index (χ0n) is 15.8. The SMILES string of the molecule is O=C(Cc1c[nH]c2ccccc12)Nc1cccc(N2C(=O)c3cccnc3C2=O)c1. The fourth-order valence-corrected chi connectivity index (χ4v) is 3.68. The number of amides is 3. The normalized spacial score (nSPS) is 13.0. The van der Waals surface area contributed by atoms with E-state index in [1.54, 1.807) is 36.4 Å². The highest BCUT2D eigenvalue weighted by atomic mass is 16.2. The highest BCUT2D eigenvalue weighted by molar-refractivity contribution is 6.33. The average molecular weight is 396 g/mol. The van der Waals surface area contributed by atoms with Gasteiger partial charge < -0.3 is 10.3 Å². The maximum atomic E-state index is 12.7. The number of para-hydroxylation sites is 1. The van der Waals surface area contributed by atoms with Crippen molar-refractivity contribution in [3.63, 3.8) is 0 Å². The number of fused-ring (bicyclic) bond motifs is 2. The lowest BCUT2D eigenvalue weighted by molar-refractivity contribution is -0.115. The van der Waals surface area contributed by atoms with Crippen LogP contribution in [0.15, 0.2) is 73.1 Å². The quantitative estimate of drug-likeness (QED) is 0.516. The Labute approximate surface area is 171 Å². The molecule has 0 saturated carbocycles. The largest absolute Gasteiger partial charge is 0.361 e. The molecule has 7 nitrogen and oxygen atoms in total. The number of hydrogen-bond donors (Lipinski definition) is 2. The van der Waals surface area contributed by atoms with E-state index in [1.807, 2.05) is 30.5 Å². The van der Waals surface area contributed by atoms with E-state index in [1.165, 1.54) is 6.20 Å². The zero-order chi connectivity index (χ0) is 20.7. The molecule has 2 N–H and O–H groups in total. The summed E-state index contributed by atoms with van der Waals surface area (Å²) in [7, 11) is 0. The smallest absolute Gasteiger partial charge is 0.284 e. The van der Waals surface area contributed by atoms with Crippen molar-refractivity contribution in [3.05, 3.63) is 89.9 Å². The summed E-state index contributed by atoms with van der Waals surface area (Å²) in [6.07, 6.45) is 3.51. The van der Waals surface area contributed by atoms with Crippen LogP contribution in [0, 0.1) is 0 Å². The number of aromatic nitrogens is 2. The van der Waals surface area contributed by atoms with Gasteiger partial charge in [0.05, 0.1) is 17.7 Å². The lowest BCUT2D eigenvalue weighted by Crippen LogP contribution is -2.29. The number of anilines is 2. The van der Waals surface area contributed by atoms with Gasteiger partial charge in [0.1, 0.15) is 5.69 Å². The molecule has 3 amide bonds. The van der Waals surface area contributed by atoms with Crippen molar-refractivity contribution in [2.24, 2.45) is 0 Å². The molecule has 30 heavy (non-hydrogen) atoms. The van der Waals surface area contributed by atoms with E-state index >= 15 is 0 Å². The first-order valence-electron chi connectivity index (χ1n) is 9.40. The van der Waals surface area contributed by atoms with Crippen molar-refractivity contribution in [3.8, 4) is 0 Å². The molecule has 1 aliphatic heterocycles. The minimum Gasteiger partial charge on any atom is -0.361 e. The molecule has 0 unspecified atom stereocenters. The van der Waals surface area contributed by atoms with Gasteiger partial charge in [-0.3, -0.25) is 19.4 Å². The summed E-state index contributed by atoms with van der Waals surface area (Å²) in [6, 6.07) is 17.6. The summed E-state index contributed by atoms with van der Waals surface area (Å²) in [5, 5.41) is 3.84. The molecule has 0 spiro atoms. The van der Waals surface area contributed by atoms with Crippen LogP contribution in [0.5, 0.6) is 0 Å². The molecule has 146 valence electrons. The van der Waals surface area contributed by atoms with E-state index in [-0.39, 0.29) is 23.6 Å². The lowest BCUT2D eigenvalue weighted by Gasteiger charge is -2.15. The van der Waals surface area contributed by atoms with E-state index in [0.717, 1.165) is 21.4 Å². The fourth-order valence-electron chi connectivity index (χ4n) is 3.68. The van der Waals surface area contributed by atoms with Crippen molar-refractivity contribution >= 4 is 40.0 Å². The second kappa shape index (κ2) is 6.97. The molecule has 4 aromatic rings.